The van der Waals surface area contributed by atoms with E-state index in [2.05, 4.69) is 6.58 Å². The van der Waals surface area contributed by atoms with Gasteiger partial charge in [0.25, 0.3) is 11.7 Å². The van der Waals surface area contributed by atoms with E-state index in [0.717, 1.165) is 4.88 Å². The number of carbonyl (C=O) groups excluding carboxylic acids is 2. The highest BCUT2D eigenvalue weighted by atomic mass is 32.1. The fourth-order valence-electron chi connectivity index (χ4n) is 2.71. The molecule has 0 saturated carbocycles. The quantitative estimate of drug-likeness (QED) is 0.400. The Balaban J connectivity index is 2.17. The normalized spacial score (nSPS) is 19.7. The van der Waals surface area contributed by atoms with Gasteiger partial charge in [0.15, 0.2) is 0 Å². The van der Waals surface area contributed by atoms with Crippen LogP contribution in [0.5, 0.6) is 0 Å². The number of amides is 1. The van der Waals surface area contributed by atoms with E-state index in [4.69, 9.17) is 0 Å². The standard InChI is InChI=1S/C18H14FNO3S/c1-2-9-20-15(13-4-3-10-24-13)14(17(22)18(20)23)16(21)11-5-7-12(19)8-6-11/h2-8,10,15,21H,1,9H2/t15-/m1/s1. The highest BCUT2D eigenvalue weighted by molar-refractivity contribution is 7.10. The molecule has 1 aromatic carbocycles. The van der Waals surface area contributed by atoms with Crippen LogP contribution < -0.4 is 0 Å². The minimum absolute atomic E-state index is 0.0101. The van der Waals surface area contributed by atoms with Gasteiger partial charge in [0, 0.05) is 17.0 Å². The predicted molar refractivity (Wildman–Crippen MR) is 89.9 cm³/mol. The Kier molecular flexibility index (Phi) is 4.31. The first-order valence-corrected chi connectivity index (χ1v) is 8.11. The number of aliphatic hydroxyl groups excluding tert-OH is 1. The summed E-state index contributed by atoms with van der Waals surface area (Å²) in [5.74, 6) is -2.19. The molecule has 24 heavy (non-hydrogen) atoms. The molecule has 2 heterocycles. The lowest BCUT2D eigenvalue weighted by Gasteiger charge is -2.22. The van der Waals surface area contributed by atoms with Gasteiger partial charge in [-0.25, -0.2) is 4.39 Å². The minimum atomic E-state index is -0.753. The summed E-state index contributed by atoms with van der Waals surface area (Å²) in [7, 11) is 0. The molecule has 1 amide bonds. The Morgan fingerprint density at radius 2 is 2.00 bits per heavy atom. The van der Waals surface area contributed by atoms with E-state index in [0.29, 0.717) is 0 Å². The Labute approximate surface area is 142 Å². The SMILES string of the molecule is C=CCN1C(=O)C(=O)C(=C(O)c2ccc(F)cc2)[C@H]1c1cccs1. The van der Waals surface area contributed by atoms with Crippen molar-refractivity contribution >= 4 is 28.8 Å². The molecule has 4 nitrogen and oxygen atoms in total. The maximum atomic E-state index is 13.1. The van der Waals surface area contributed by atoms with Crippen LogP contribution in [0.15, 0.2) is 60.0 Å². The van der Waals surface area contributed by atoms with Crippen molar-refractivity contribution in [2.75, 3.05) is 6.54 Å². The first-order valence-electron chi connectivity index (χ1n) is 7.23. The van der Waals surface area contributed by atoms with Crippen LogP contribution in [0.3, 0.4) is 0 Å². The smallest absolute Gasteiger partial charge is 0.295 e. The zero-order valence-corrected chi connectivity index (χ0v) is 13.4. The molecule has 0 bridgehead atoms. The van der Waals surface area contributed by atoms with Gasteiger partial charge in [-0.3, -0.25) is 9.59 Å². The van der Waals surface area contributed by atoms with E-state index in [-0.39, 0.29) is 23.4 Å². The third kappa shape index (κ3) is 2.65. The molecule has 1 saturated heterocycles. The predicted octanol–water partition coefficient (Wildman–Crippen LogP) is 3.49. The molecule has 0 unspecified atom stereocenters. The second-order valence-electron chi connectivity index (χ2n) is 5.26. The molecule has 0 spiro atoms. The average molecular weight is 343 g/mol. The van der Waals surface area contributed by atoms with E-state index in [9.17, 15) is 19.1 Å². The zero-order valence-electron chi connectivity index (χ0n) is 12.6. The van der Waals surface area contributed by atoms with Gasteiger partial charge in [-0.1, -0.05) is 12.1 Å². The number of hydrogen-bond acceptors (Lipinski definition) is 4. The molecule has 1 atom stereocenters. The first-order chi connectivity index (χ1) is 11.5. The van der Waals surface area contributed by atoms with E-state index >= 15 is 0 Å². The Bertz CT molecular complexity index is 824. The first kappa shape index (κ1) is 16.1. The number of Topliss-reactive ketones (excluding diaryl/α,β-unsaturated/α-hetero) is 1. The van der Waals surface area contributed by atoms with Crippen molar-refractivity contribution in [1.82, 2.24) is 4.90 Å². The molecule has 1 aliphatic rings. The van der Waals surface area contributed by atoms with Crippen LogP contribution >= 0.6 is 11.3 Å². The summed E-state index contributed by atoms with van der Waals surface area (Å²) in [6.07, 6.45) is 1.53. The van der Waals surface area contributed by atoms with Crippen LogP contribution in [0.25, 0.3) is 5.76 Å². The number of likely N-dealkylation sites (tertiary alicyclic amines) is 1. The topological polar surface area (TPSA) is 57.6 Å². The lowest BCUT2D eigenvalue weighted by molar-refractivity contribution is -0.139. The van der Waals surface area contributed by atoms with E-state index < -0.39 is 23.5 Å². The molecule has 2 aromatic rings. The van der Waals surface area contributed by atoms with Gasteiger partial charge in [0.1, 0.15) is 11.6 Å². The number of benzene rings is 1. The Morgan fingerprint density at radius 3 is 2.58 bits per heavy atom. The number of nitrogens with zero attached hydrogens (tertiary/aromatic N) is 1. The number of rotatable bonds is 4. The van der Waals surface area contributed by atoms with Crippen molar-refractivity contribution in [2.45, 2.75) is 6.04 Å². The second-order valence-corrected chi connectivity index (χ2v) is 6.24. The number of hydrogen-bond donors (Lipinski definition) is 1. The van der Waals surface area contributed by atoms with E-state index in [1.807, 2.05) is 11.4 Å². The van der Waals surface area contributed by atoms with E-state index in [1.165, 1.54) is 46.6 Å². The number of aliphatic hydroxyl groups is 1. The summed E-state index contributed by atoms with van der Waals surface area (Å²) in [4.78, 5) is 26.9. The number of thiophene rings is 1. The van der Waals surface area contributed by atoms with E-state index in [1.54, 1.807) is 6.07 Å². The molecule has 0 aliphatic carbocycles. The number of carbonyl (C=O) groups is 2. The summed E-state index contributed by atoms with van der Waals surface area (Å²) in [6, 6.07) is 8.06. The molecular formula is C18H14FNO3S. The zero-order chi connectivity index (χ0) is 17.3. The summed E-state index contributed by atoms with van der Waals surface area (Å²) in [5.41, 5.74) is 0.297. The third-order valence-corrected chi connectivity index (χ3v) is 4.72. The van der Waals surface area contributed by atoms with Gasteiger partial charge in [-0.2, -0.15) is 0 Å². The fraction of sp³-hybridized carbons (Fsp3) is 0.111. The Hall–Kier alpha value is -2.73. The monoisotopic (exact) mass is 343 g/mol. The largest absolute Gasteiger partial charge is 0.507 e. The van der Waals surface area contributed by atoms with Crippen LogP contribution in [-0.4, -0.2) is 28.2 Å². The lowest BCUT2D eigenvalue weighted by Crippen LogP contribution is -2.29. The molecule has 1 N–H and O–H groups in total. The second kappa shape index (κ2) is 6.41. The minimum Gasteiger partial charge on any atom is -0.507 e. The Morgan fingerprint density at radius 1 is 1.29 bits per heavy atom. The molecular weight excluding hydrogens is 329 g/mol. The molecule has 1 aromatic heterocycles. The molecule has 6 heteroatoms. The fourth-order valence-corrected chi connectivity index (χ4v) is 3.56. The molecule has 1 aliphatic heterocycles. The van der Waals surface area contributed by atoms with Crippen LogP contribution in [0.1, 0.15) is 16.5 Å². The molecule has 3 rings (SSSR count). The lowest BCUT2D eigenvalue weighted by atomic mass is 10.00. The average Bonchev–Trinajstić information content (AvgIpc) is 3.18. The van der Waals surface area contributed by atoms with Crippen molar-refractivity contribution in [1.29, 1.82) is 0 Å². The van der Waals surface area contributed by atoms with Gasteiger partial charge in [-0.05, 0) is 35.7 Å². The van der Waals surface area contributed by atoms with Gasteiger partial charge < -0.3 is 10.0 Å². The van der Waals surface area contributed by atoms with Crippen LogP contribution in [0.2, 0.25) is 0 Å². The van der Waals surface area contributed by atoms with Gasteiger partial charge in [-0.15, -0.1) is 17.9 Å². The molecule has 122 valence electrons. The summed E-state index contributed by atoms with van der Waals surface area (Å²) < 4.78 is 13.1. The highest BCUT2D eigenvalue weighted by Crippen LogP contribution is 2.40. The van der Waals surface area contributed by atoms with Crippen LogP contribution in [-0.2, 0) is 9.59 Å². The van der Waals surface area contributed by atoms with Crippen molar-refractivity contribution < 1.29 is 19.1 Å². The summed E-state index contributed by atoms with van der Waals surface area (Å²) >= 11 is 1.39. The van der Waals surface area contributed by atoms with Crippen LogP contribution in [0.4, 0.5) is 4.39 Å². The molecule has 0 radical (unpaired) electrons. The van der Waals surface area contributed by atoms with Crippen molar-refractivity contribution in [2.24, 2.45) is 0 Å². The molecule has 1 fully saturated rings. The summed E-state index contributed by atoms with van der Waals surface area (Å²) in [5, 5.41) is 12.4. The van der Waals surface area contributed by atoms with Crippen molar-refractivity contribution in [3.8, 4) is 0 Å². The maximum Gasteiger partial charge on any atom is 0.295 e. The van der Waals surface area contributed by atoms with Crippen molar-refractivity contribution in [3.05, 3.63) is 76.3 Å². The van der Waals surface area contributed by atoms with Crippen molar-refractivity contribution in [3.63, 3.8) is 0 Å². The number of halogens is 1. The van der Waals surface area contributed by atoms with Gasteiger partial charge in [0.05, 0.1) is 11.6 Å². The van der Waals surface area contributed by atoms with Gasteiger partial charge >= 0.3 is 0 Å². The third-order valence-electron chi connectivity index (χ3n) is 3.80. The maximum absolute atomic E-state index is 13.1. The number of ketones is 1. The van der Waals surface area contributed by atoms with Crippen LogP contribution in [0, 0.1) is 5.82 Å². The highest BCUT2D eigenvalue weighted by Gasteiger charge is 2.45. The summed E-state index contributed by atoms with van der Waals surface area (Å²) in [6.45, 7) is 3.80. The van der Waals surface area contributed by atoms with Gasteiger partial charge in [0.2, 0.25) is 0 Å².